The third-order valence-corrected chi connectivity index (χ3v) is 3.36. The Labute approximate surface area is 124 Å². The summed E-state index contributed by atoms with van der Waals surface area (Å²) in [6.07, 6.45) is 5.71. The lowest BCUT2D eigenvalue weighted by molar-refractivity contribution is 0.240. The second-order valence-corrected chi connectivity index (χ2v) is 5.09. The Hall–Kier alpha value is -1.32. The molecule has 0 fully saturated rings. The van der Waals surface area contributed by atoms with Crippen LogP contribution in [0.3, 0.4) is 0 Å². The SMILES string of the molecule is C=CC(=C)COC(=C)/C=C\C(C)N(C)CCN(C)CC. The molecule has 3 nitrogen and oxygen atoms in total. The van der Waals surface area contributed by atoms with Gasteiger partial charge in [0.25, 0.3) is 0 Å². The van der Waals surface area contributed by atoms with E-state index in [2.05, 4.69) is 63.6 Å². The maximum atomic E-state index is 5.46. The zero-order valence-electron chi connectivity index (χ0n) is 13.6. The summed E-state index contributed by atoms with van der Waals surface area (Å²) >= 11 is 0. The maximum absolute atomic E-state index is 5.46. The lowest BCUT2D eigenvalue weighted by Gasteiger charge is -2.24. The molecule has 20 heavy (non-hydrogen) atoms. The fourth-order valence-electron chi connectivity index (χ4n) is 1.38. The van der Waals surface area contributed by atoms with E-state index in [-0.39, 0.29) is 0 Å². The third-order valence-electron chi connectivity index (χ3n) is 3.36. The van der Waals surface area contributed by atoms with Crippen molar-refractivity contribution in [2.24, 2.45) is 0 Å². The first-order valence-corrected chi connectivity index (χ1v) is 7.09. The molecule has 0 bridgehead atoms. The van der Waals surface area contributed by atoms with Crippen molar-refractivity contribution >= 4 is 0 Å². The smallest absolute Gasteiger partial charge is 0.113 e. The number of likely N-dealkylation sites (N-methyl/N-ethyl adjacent to an activating group) is 2. The van der Waals surface area contributed by atoms with Gasteiger partial charge < -0.3 is 9.64 Å². The zero-order chi connectivity index (χ0) is 15.5. The van der Waals surface area contributed by atoms with Crippen LogP contribution in [0.5, 0.6) is 0 Å². The van der Waals surface area contributed by atoms with Gasteiger partial charge in [0.15, 0.2) is 0 Å². The molecule has 0 N–H and O–H groups in total. The van der Waals surface area contributed by atoms with Crippen molar-refractivity contribution < 1.29 is 4.74 Å². The molecular formula is C17H30N2O. The molecule has 0 aromatic heterocycles. The molecule has 0 amide bonds. The second kappa shape index (κ2) is 10.5. The monoisotopic (exact) mass is 278 g/mol. The molecule has 0 aromatic carbocycles. The number of nitrogens with zero attached hydrogens (tertiary/aromatic N) is 2. The Kier molecular flexibility index (Phi) is 9.77. The van der Waals surface area contributed by atoms with E-state index < -0.39 is 0 Å². The Bertz CT molecular complexity index is 347. The van der Waals surface area contributed by atoms with Gasteiger partial charge in [-0.05, 0) is 39.2 Å². The fraction of sp³-hybridized carbons (Fsp3) is 0.529. The van der Waals surface area contributed by atoms with Gasteiger partial charge in [-0.2, -0.15) is 0 Å². The predicted molar refractivity (Wildman–Crippen MR) is 88.8 cm³/mol. The summed E-state index contributed by atoms with van der Waals surface area (Å²) in [6, 6.07) is 0.350. The van der Waals surface area contributed by atoms with Gasteiger partial charge in [-0.25, -0.2) is 0 Å². The number of allylic oxidation sites excluding steroid dienone is 1. The maximum Gasteiger partial charge on any atom is 0.113 e. The molecule has 0 saturated heterocycles. The van der Waals surface area contributed by atoms with E-state index in [4.69, 9.17) is 4.74 Å². The molecule has 0 aliphatic heterocycles. The molecule has 0 spiro atoms. The van der Waals surface area contributed by atoms with Crippen molar-refractivity contribution in [3.8, 4) is 0 Å². The van der Waals surface area contributed by atoms with Crippen LogP contribution in [0.15, 0.2) is 49.3 Å². The summed E-state index contributed by atoms with van der Waals surface area (Å²) in [4.78, 5) is 4.61. The van der Waals surface area contributed by atoms with E-state index in [9.17, 15) is 0 Å². The van der Waals surface area contributed by atoms with Crippen molar-refractivity contribution in [3.05, 3.63) is 49.3 Å². The molecule has 0 aliphatic rings. The molecule has 114 valence electrons. The largest absolute Gasteiger partial charge is 0.490 e. The van der Waals surface area contributed by atoms with Gasteiger partial charge in [-0.3, -0.25) is 4.90 Å². The molecule has 0 aliphatic carbocycles. The molecule has 0 radical (unpaired) electrons. The minimum Gasteiger partial charge on any atom is -0.490 e. The lowest BCUT2D eigenvalue weighted by atomic mass is 10.2. The van der Waals surface area contributed by atoms with E-state index in [1.54, 1.807) is 6.08 Å². The van der Waals surface area contributed by atoms with Crippen LogP contribution in [0, 0.1) is 0 Å². The van der Waals surface area contributed by atoms with Crippen LogP contribution in [-0.2, 0) is 4.74 Å². The van der Waals surface area contributed by atoms with Crippen molar-refractivity contribution in [1.29, 1.82) is 0 Å². The molecule has 3 heteroatoms. The molecule has 1 atom stereocenters. The zero-order valence-corrected chi connectivity index (χ0v) is 13.6. The van der Waals surface area contributed by atoms with Crippen molar-refractivity contribution in [2.45, 2.75) is 19.9 Å². The van der Waals surface area contributed by atoms with Gasteiger partial charge in [-0.15, -0.1) is 0 Å². The highest BCUT2D eigenvalue weighted by atomic mass is 16.5. The number of rotatable bonds is 11. The predicted octanol–water partition coefficient (Wildman–Crippen LogP) is 3.09. The van der Waals surface area contributed by atoms with Gasteiger partial charge in [0.2, 0.25) is 0 Å². The van der Waals surface area contributed by atoms with E-state index in [0.717, 1.165) is 25.2 Å². The topological polar surface area (TPSA) is 15.7 Å². The fourth-order valence-corrected chi connectivity index (χ4v) is 1.38. The second-order valence-electron chi connectivity index (χ2n) is 5.09. The van der Waals surface area contributed by atoms with Gasteiger partial charge in [-0.1, -0.05) is 38.8 Å². The first kappa shape index (κ1) is 18.7. The van der Waals surface area contributed by atoms with E-state index in [1.807, 2.05) is 6.08 Å². The van der Waals surface area contributed by atoms with Crippen LogP contribution in [0.25, 0.3) is 0 Å². The van der Waals surface area contributed by atoms with Crippen LogP contribution in [-0.4, -0.2) is 56.2 Å². The minimum absolute atomic E-state index is 0.350. The average molecular weight is 278 g/mol. The van der Waals surface area contributed by atoms with E-state index in [1.165, 1.54) is 0 Å². The summed E-state index contributed by atoms with van der Waals surface area (Å²) in [5, 5.41) is 0. The molecule has 0 heterocycles. The highest BCUT2D eigenvalue weighted by Crippen LogP contribution is 2.04. The molecule has 0 rings (SSSR count). The Morgan fingerprint density at radius 1 is 1.25 bits per heavy atom. The van der Waals surface area contributed by atoms with Gasteiger partial charge in [0, 0.05) is 19.1 Å². The highest BCUT2D eigenvalue weighted by Gasteiger charge is 2.06. The van der Waals surface area contributed by atoms with Crippen LogP contribution >= 0.6 is 0 Å². The minimum atomic E-state index is 0.350. The normalized spacial score (nSPS) is 12.9. The van der Waals surface area contributed by atoms with Gasteiger partial charge in [0.1, 0.15) is 12.4 Å². The first-order valence-electron chi connectivity index (χ1n) is 7.09. The summed E-state index contributed by atoms with van der Waals surface area (Å²) in [6.45, 7) is 19.3. The molecule has 0 aromatic rings. The highest BCUT2D eigenvalue weighted by molar-refractivity contribution is 5.14. The number of hydrogen-bond donors (Lipinski definition) is 0. The molecule has 1 unspecified atom stereocenters. The van der Waals surface area contributed by atoms with Crippen molar-refractivity contribution in [1.82, 2.24) is 9.80 Å². The number of hydrogen-bond acceptors (Lipinski definition) is 3. The average Bonchev–Trinajstić information content (AvgIpc) is 2.46. The van der Waals surface area contributed by atoms with Crippen LogP contribution < -0.4 is 0 Å². The standard InChI is InChI=1S/C17H30N2O/c1-8-15(3)14-20-17(5)11-10-16(4)19(7)13-12-18(6)9-2/h8,10-11,16H,1,3,5,9,12-14H2,2,4,6-7H3/b11-10-. The van der Waals surface area contributed by atoms with Crippen LogP contribution in [0.2, 0.25) is 0 Å². The summed E-state index contributed by atoms with van der Waals surface area (Å²) in [5.74, 6) is 0.652. The summed E-state index contributed by atoms with van der Waals surface area (Å²) in [5.41, 5.74) is 0.854. The van der Waals surface area contributed by atoms with Crippen molar-refractivity contribution in [3.63, 3.8) is 0 Å². The van der Waals surface area contributed by atoms with Gasteiger partial charge in [0.05, 0.1) is 0 Å². The van der Waals surface area contributed by atoms with Crippen LogP contribution in [0.1, 0.15) is 13.8 Å². The third kappa shape index (κ3) is 8.73. The van der Waals surface area contributed by atoms with E-state index in [0.29, 0.717) is 18.4 Å². The molecular weight excluding hydrogens is 248 g/mol. The Morgan fingerprint density at radius 2 is 1.90 bits per heavy atom. The van der Waals surface area contributed by atoms with Crippen LogP contribution in [0.4, 0.5) is 0 Å². The Morgan fingerprint density at radius 3 is 2.45 bits per heavy atom. The van der Waals surface area contributed by atoms with Crippen molar-refractivity contribution in [2.75, 3.05) is 40.3 Å². The lowest BCUT2D eigenvalue weighted by Crippen LogP contribution is -2.35. The van der Waals surface area contributed by atoms with E-state index >= 15 is 0 Å². The first-order chi connectivity index (χ1) is 9.40. The quantitative estimate of drug-likeness (QED) is 0.427. The summed E-state index contributed by atoms with van der Waals surface area (Å²) in [7, 11) is 4.26. The Balaban J connectivity index is 4.06. The molecule has 0 saturated carbocycles. The summed E-state index contributed by atoms with van der Waals surface area (Å²) < 4.78 is 5.46. The van der Waals surface area contributed by atoms with Gasteiger partial charge >= 0.3 is 0 Å². The number of ether oxygens (including phenoxy) is 1.